The van der Waals surface area contributed by atoms with Crippen LogP contribution in [0.25, 0.3) is 11.1 Å². The van der Waals surface area contributed by atoms with E-state index < -0.39 is 43.3 Å². The van der Waals surface area contributed by atoms with E-state index in [4.69, 9.17) is 13.8 Å². The molecule has 6 aliphatic rings. The molecule has 4 atom stereocenters. The highest BCUT2D eigenvalue weighted by Crippen LogP contribution is 2.41. The number of carbonyl (C=O) groups excluding carboxylic acids is 5. The van der Waals surface area contributed by atoms with Crippen LogP contribution in [0.2, 0.25) is 0 Å². The molecule has 1 aliphatic carbocycles. The molecule has 5 aliphatic heterocycles. The van der Waals surface area contributed by atoms with Crippen LogP contribution in [0.4, 0.5) is 28.7 Å². The molecule has 3 saturated heterocycles. The normalized spacial score (nSPS) is 23.6. The number of nitrogens with one attached hydrogen (secondary N) is 2. The van der Waals surface area contributed by atoms with Crippen molar-refractivity contribution in [2.45, 2.75) is 102 Å². The summed E-state index contributed by atoms with van der Waals surface area (Å²) in [5, 5.41) is 16.3. The minimum Gasteiger partial charge on any atom is -0.480 e. The predicted octanol–water partition coefficient (Wildman–Crippen LogP) is 5.90. The first kappa shape index (κ1) is 42.1. The molecule has 0 bridgehead atoms. The Morgan fingerprint density at radius 3 is 2.43 bits per heavy atom. The van der Waals surface area contributed by atoms with E-state index >= 15 is 0 Å². The molecular formula is C52H56N10O7S. The third-order valence-electron chi connectivity index (χ3n) is 15.1. The zero-order chi connectivity index (χ0) is 50.9. The van der Waals surface area contributed by atoms with Gasteiger partial charge in [-0.1, -0.05) is 0 Å². The second kappa shape index (κ2) is 18.5. The van der Waals surface area contributed by atoms with Crippen molar-refractivity contribution in [2.75, 3.05) is 59.8 Å². The molecule has 11 rings (SSSR count). The lowest BCUT2D eigenvalue weighted by molar-refractivity contribution is -0.136. The number of hydrogen-bond donors (Lipinski definition) is 3. The number of nitrogens with zero attached hydrogens (tertiary/aromatic N) is 8. The first-order valence-electron chi connectivity index (χ1n) is 25.7. The quantitative estimate of drug-likeness (QED) is 0.140. The summed E-state index contributed by atoms with van der Waals surface area (Å²) in [6, 6.07) is 12.2. The Kier molecular flexibility index (Phi) is 11.2. The number of imide groups is 2. The predicted molar refractivity (Wildman–Crippen MR) is 265 cm³/mol. The fourth-order valence-electron chi connectivity index (χ4n) is 11.6. The van der Waals surface area contributed by atoms with Gasteiger partial charge < -0.3 is 25.0 Å². The number of aryl methyl sites for hydroxylation is 1. The molecule has 0 radical (unpaired) electrons. The summed E-state index contributed by atoms with van der Waals surface area (Å²) < 4.78 is 28.9. The van der Waals surface area contributed by atoms with Crippen molar-refractivity contribution in [2.24, 2.45) is 0 Å². The number of methoxy groups -OCH3 is 1. The Hall–Kier alpha value is -6.76. The van der Waals surface area contributed by atoms with E-state index in [2.05, 4.69) is 49.1 Å². The van der Waals surface area contributed by atoms with E-state index in [9.17, 15) is 29.1 Å². The summed E-state index contributed by atoms with van der Waals surface area (Å²) in [4.78, 5) is 90.9. The average molecular weight is 968 g/mol. The van der Waals surface area contributed by atoms with Gasteiger partial charge in [0.05, 0.1) is 45.6 Å². The summed E-state index contributed by atoms with van der Waals surface area (Å²) in [7, 11) is -2.79. The van der Waals surface area contributed by atoms with Gasteiger partial charge in [-0.25, -0.2) is 15.0 Å². The third kappa shape index (κ3) is 8.04. The highest BCUT2D eigenvalue weighted by Gasteiger charge is 2.45. The van der Waals surface area contributed by atoms with Gasteiger partial charge in [-0.05, 0) is 124 Å². The molecular weight excluding hydrogens is 909 g/mol. The highest BCUT2D eigenvalue weighted by atomic mass is 32.1. The van der Waals surface area contributed by atoms with Crippen LogP contribution in [0.3, 0.4) is 0 Å². The number of rotatable bonds is 10. The number of amides is 5. The number of piperazine rings is 1. The first-order valence-corrected chi connectivity index (χ1v) is 25.0. The van der Waals surface area contributed by atoms with Crippen molar-refractivity contribution in [3.8, 4) is 17.0 Å². The van der Waals surface area contributed by atoms with Gasteiger partial charge in [-0.2, -0.15) is 0 Å². The zero-order valence-electron chi connectivity index (χ0n) is 42.1. The Bertz CT molecular complexity index is 3060. The molecule has 0 saturated carbocycles. The maximum Gasteiger partial charge on any atom is 0.269 e. The Morgan fingerprint density at radius 2 is 1.64 bits per heavy atom. The molecule has 4 aromatic heterocycles. The van der Waals surface area contributed by atoms with E-state index in [0.717, 1.165) is 97.8 Å². The molecule has 1 unspecified atom stereocenters. The number of carbonyl (C=O) groups is 5. The van der Waals surface area contributed by atoms with Gasteiger partial charge in [0.1, 0.15) is 23.4 Å². The standard InChI is InChI=1S/C52H56N10O7S/c1-29-22-32(15-18-59(29)33-8-10-38-39(24-33)51(67)62(50(38)66)42-11-13-45(64)57-48(42)65)58-20-21-60(30(2)27-58)34-9-12-44(54-26-34)56-41-23-31(25-55-49(41)69-3)35-14-17-53-47(40(35)28-63)61-19-16-37-36-6-4-5-7-43(36)70-46(37)52(61)68/h8-10,12,14,17,23-26,29-30,32,42,63H,4-7,11,13,15-16,18-22,27-28H2,1-3H3,(H,54,56)(H,57,64,65)/t29-,30+,32?,42+/m1/s1/i3D3. The summed E-state index contributed by atoms with van der Waals surface area (Å²) >= 11 is 1.59. The molecule has 17 nitrogen and oxygen atoms in total. The van der Waals surface area contributed by atoms with E-state index in [1.54, 1.807) is 52.9 Å². The number of ether oxygens (including phenoxy) is 1. The van der Waals surface area contributed by atoms with E-state index in [1.165, 1.54) is 16.6 Å². The lowest BCUT2D eigenvalue weighted by atomic mass is 9.92. The van der Waals surface area contributed by atoms with Gasteiger partial charge in [-0.3, -0.25) is 44.0 Å². The van der Waals surface area contributed by atoms with Crippen LogP contribution in [0.15, 0.2) is 61.1 Å². The van der Waals surface area contributed by atoms with Crippen LogP contribution < -0.4 is 30.1 Å². The number of anilines is 5. The van der Waals surface area contributed by atoms with Gasteiger partial charge >= 0.3 is 0 Å². The second-order valence-electron chi connectivity index (χ2n) is 19.2. The van der Waals surface area contributed by atoms with Crippen LogP contribution in [-0.4, -0.2) is 123 Å². The lowest BCUT2D eigenvalue weighted by Crippen LogP contribution is -2.58. The maximum atomic E-state index is 14.0. The number of hydrogen-bond acceptors (Lipinski definition) is 15. The molecule has 70 heavy (non-hydrogen) atoms. The Labute approximate surface area is 414 Å². The molecule has 0 spiro atoms. The van der Waals surface area contributed by atoms with Gasteiger partial charge in [0.15, 0.2) is 0 Å². The molecule has 3 N–H and O–H groups in total. The summed E-state index contributed by atoms with van der Waals surface area (Å²) in [5.41, 5.74) is 6.66. The number of aromatic nitrogens is 3. The molecule has 5 aromatic rings. The van der Waals surface area contributed by atoms with Crippen LogP contribution in [0.1, 0.15) is 108 Å². The van der Waals surface area contributed by atoms with Gasteiger partial charge in [0.25, 0.3) is 17.7 Å². The summed E-state index contributed by atoms with van der Waals surface area (Å²) in [6.07, 6.45) is 11.9. The molecule has 362 valence electrons. The largest absolute Gasteiger partial charge is 0.480 e. The van der Waals surface area contributed by atoms with Gasteiger partial charge in [-0.15, -0.1) is 11.3 Å². The van der Waals surface area contributed by atoms with Crippen LogP contribution in [0, 0.1) is 0 Å². The Morgan fingerprint density at radius 1 is 0.814 bits per heavy atom. The monoisotopic (exact) mass is 967 g/mol. The van der Waals surface area contributed by atoms with Crippen molar-refractivity contribution in [1.29, 1.82) is 0 Å². The molecule has 1 aromatic carbocycles. The van der Waals surface area contributed by atoms with Crippen LogP contribution in [0.5, 0.6) is 5.88 Å². The van der Waals surface area contributed by atoms with Crippen molar-refractivity contribution >= 4 is 69.6 Å². The van der Waals surface area contributed by atoms with Crippen LogP contribution >= 0.6 is 11.3 Å². The Balaban J connectivity index is 0.746. The zero-order valence-corrected chi connectivity index (χ0v) is 39.9. The molecule has 3 fully saturated rings. The number of aliphatic hydroxyl groups is 1. The topological polar surface area (TPSA) is 194 Å². The first-order chi connectivity index (χ1) is 35.1. The van der Waals surface area contributed by atoms with Gasteiger partial charge in [0, 0.05) is 91.4 Å². The second-order valence-corrected chi connectivity index (χ2v) is 20.3. The maximum absolute atomic E-state index is 14.0. The van der Waals surface area contributed by atoms with E-state index in [1.807, 2.05) is 18.2 Å². The number of aliphatic hydroxyl groups excluding tert-OH is 1. The lowest BCUT2D eigenvalue weighted by Gasteiger charge is -2.48. The number of thiophene rings is 1. The third-order valence-corrected chi connectivity index (χ3v) is 16.5. The smallest absolute Gasteiger partial charge is 0.269 e. The van der Waals surface area contributed by atoms with Gasteiger partial charge in [0.2, 0.25) is 17.7 Å². The minimum absolute atomic E-state index is 0.0668. The van der Waals surface area contributed by atoms with Crippen molar-refractivity contribution in [1.82, 2.24) is 30.1 Å². The fourth-order valence-corrected chi connectivity index (χ4v) is 13.0. The van der Waals surface area contributed by atoms with Crippen molar-refractivity contribution < 1.29 is 37.9 Å². The highest BCUT2D eigenvalue weighted by molar-refractivity contribution is 7.14. The average Bonchev–Trinajstić information content (AvgIpc) is 3.88. The van der Waals surface area contributed by atoms with E-state index in [-0.39, 0.29) is 53.5 Å². The van der Waals surface area contributed by atoms with Crippen molar-refractivity contribution in [3.05, 3.63) is 98.6 Å². The summed E-state index contributed by atoms with van der Waals surface area (Å²) in [5.74, 6) is -1.53. The number of benzene rings is 1. The number of fused-ring (bicyclic) bond motifs is 4. The number of pyridine rings is 3. The SMILES string of the molecule is [2H]C([2H])([2H])Oc1ncc(-c2ccnc(N3CCc4c(sc5c4CCCC5)C3=O)c2CO)cc1Nc1ccc(N2CCN(C3CCN(c4ccc5c(c4)C(=O)N([C@H]4CCC(=O)NC4=O)C5=O)[C@H](C)C3)C[C@@H]2C)cn1. The van der Waals surface area contributed by atoms with Crippen molar-refractivity contribution in [3.63, 3.8) is 0 Å². The summed E-state index contributed by atoms with van der Waals surface area (Å²) in [6.45, 7) is 7.64. The molecule has 5 amide bonds. The number of piperidine rings is 2. The molecule has 18 heteroatoms. The fraction of sp³-hybridized carbons (Fsp3) is 0.423. The van der Waals surface area contributed by atoms with Crippen LogP contribution in [-0.2, 0) is 35.5 Å². The minimum atomic E-state index is -2.79. The van der Waals surface area contributed by atoms with E-state index in [0.29, 0.717) is 40.9 Å². The molecule has 9 heterocycles.